The first-order chi connectivity index (χ1) is 7.75. The molecule has 2 heterocycles. The van der Waals surface area contributed by atoms with Gasteiger partial charge in [-0.3, -0.25) is 10.6 Å². The van der Waals surface area contributed by atoms with Crippen molar-refractivity contribution in [3.63, 3.8) is 0 Å². The summed E-state index contributed by atoms with van der Waals surface area (Å²) in [5.74, 6) is 5.97. The summed E-state index contributed by atoms with van der Waals surface area (Å²) in [5.41, 5.74) is 2.02. The summed E-state index contributed by atoms with van der Waals surface area (Å²) >= 11 is 0. The average molecular weight is 217 g/mol. The third kappa shape index (κ3) is 1.42. The van der Waals surface area contributed by atoms with Crippen LogP contribution >= 0.6 is 0 Å². The molecule has 16 heavy (non-hydrogen) atoms. The topological polar surface area (TPSA) is 49.6 Å². The van der Waals surface area contributed by atoms with E-state index in [4.69, 9.17) is 5.84 Å². The van der Waals surface area contributed by atoms with Gasteiger partial charge in [-0.2, -0.15) is 0 Å². The van der Waals surface area contributed by atoms with Crippen molar-refractivity contribution >= 4 is 5.91 Å². The number of benzene rings is 1. The lowest BCUT2D eigenvalue weighted by Crippen LogP contribution is -2.59. The molecule has 1 aromatic rings. The maximum atomic E-state index is 12.2. The monoisotopic (exact) mass is 217 g/mol. The number of nitrogens with two attached hydrogens (primary N) is 1. The molecule has 0 aliphatic carbocycles. The lowest BCUT2D eigenvalue weighted by Gasteiger charge is -2.42. The molecule has 2 aliphatic heterocycles. The molecule has 84 valence electrons. The van der Waals surface area contributed by atoms with Gasteiger partial charge >= 0.3 is 0 Å². The third-order valence-electron chi connectivity index (χ3n) is 3.48. The second-order valence-electron chi connectivity index (χ2n) is 4.51. The molecule has 0 saturated carbocycles. The first-order valence-corrected chi connectivity index (χ1v) is 5.64. The van der Waals surface area contributed by atoms with Gasteiger partial charge in [0, 0.05) is 25.2 Å². The smallest absolute Gasteiger partial charge is 0.254 e. The molecule has 1 fully saturated rings. The quantitative estimate of drug-likeness (QED) is 0.633. The van der Waals surface area contributed by atoms with Gasteiger partial charge in [0.15, 0.2) is 0 Å². The Morgan fingerprint density at radius 2 is 2.06 bits per heavy atom. The van der Waals surface area contributed by atoms with Crippen LogP contribution in [0, 0.1) is 0 Å². The van der Waals surface area contributed by atoms with Crippen LogP contribution in [0.1, 0.15) is 15.9 Å². The number of piperazine rings is 1. The molecular weight excluding hydrogens is 202 g/mol. The number of carbonyl (C=O) groups is 1. The molecule has 1 aromatic carbocycles. The molecule has 4 nitrogen and oxygen atoms in total. The van der Waals surface area contributed by atoms with Crippen LogP contribution in [0.15, 0.2) is 24.3 Å². The number of amides is 1. The highest BCUT2D eigenvalue weighted by molar-refractivity contribution is 5.97. The van der Waals surface area contributed by atoms with Gasteiger partial charge in [-0.05, 0) is 18.1 Å². The van der Waals surface area contributed by atoms with E-state index in [1.54, 1.807) is 0 Å². The van der Waals surface area contributed by atoms with Crippen molar-refractivity contribution in [1.82, 2.24) is 9.91 Å². The minimum Gasteiger partial charge on any atom is -0.333 e. The second kappa shape index (κ2) is 3.57. The molecular formula is C12H15N3O. The standard InChI is InChI=1S/C12H15N3O/c13-14-5-6-15-10(8-14)7-9-3-1-2-4-11(9)12(15)16/h1-4,10H,5-8,13H2. The van der Waals surface area contributed by atoms with Crippen LogP contribution in [0.4, 0.5) is 0 Å². The molecule has 0 radical (unpaired) electrons. The van der Waals surface area contributed by atoms with Gasteiger partial charge in [0.05, 0.1) is 6.04 Å². The summed E-state index contributed by atoms with van der Waals surface area (Å²) in [5, 5.41) is 1.81. The van der Waals surface area contributed by atoms with E-state index in [0.29, 0.717) is 0 Å². The van der Waals surface area contributed by atoms with Crippen LogP contribution in [0.2, 0.25) is 0 Å². The van der Waals surface area contributed by atoms with E-state index in [2.05, 4.69) is 0 Å². The van der Waals surface area contributed by atoms with Crippen LogP contribution in [0.3, 0.4) is 0 Å². The molecule has 2 aliphatic rings. The number of hydrogen-bond acceptors (Lipinski definition) is 3. The van der Waals surface area contributed by atoms with Gasteiger partial charge < -0.3 is 4.90 Å². The SMILES string of the molecule is NN1CCN2C(=O)c3ccccc3CC2C1. The van der Waals surface area contributed by atoms with E-state index in [-0.39, 0.29) is 11.9 Å². The first kappa shape index (κ1) is 9.81. The summed E-state index contributed by atoms with van der Waals surface area (Å²) < 4.78 is 0. The highest BCUT2D eigenvalue weighted by Gasteiger charge is 2.35. The summed E-state index contributed by atoms with van der Waals surface area (Å²) in [6.45, 7) is 2.29. The van der Waals surface area contributed by atoms with Gasteiger partial charge in [-0.1, -0.05) is 18.2 Å². The molecule has 0 aromatic heterocycles. The maximum absolute atomic E-state index is 12.2. The largest absolute Gasteiger partial charge is 0.333 e. The maximum Gasteiger partial charge on any atom is 0.254 e. The molecule has 2 N–H and O–H groups in total. The number of nitrogens with zero attached hydrogens (tertiary/aromatic N) is 2. The molecule has 0 bridgehead atoms. The molecule has 4 heteroatoms. The predicted octanol–water partition coefficient (Wildman–Crippen LogP) is 0.243. The van der Waals surface area contributed by atoms with E-state index in [1.165, 1.54) is 0 Å². The predicted molar refractivity (Wildman–Crippen MR) is 60.7 cm³/mol. The fraction of sp³-hybridized carbons (Fsp3) is 0.417. The van der Waals surface area contributed by atoms with Crippen LogP contribution in [0.5, 0.6) is 0 Å². The third-order valence-corrected chi connectivity index (χ3v) is 3.48. The Balaban J connectivity index is 1.97. The summed E-state index contributed by atoms with van der Waals surface area (Å²) in [7, 11) is 0. The Morgan fingerprint density at radius 1 is 1.25 bits per heavy atom. The van der Waals surface area contributed by atoms with Crippen LogP contribution < -0.4 is 5.84 Å². The van der Waals surface area contributed by atoms with Crippen molar-refractivity contribution in [3.05, 3.63) is 35.4 Å². The van der Waals surface area contributed by atoms with Gasteiger partial charge in [-0.25, -0.2) is 5.01 Å². The van der Waals surface area contributed by atoms with Crippen molar-refractivity contribution in [2.24, 2.45) is 5.84 Å². The molecule has 1 unspecified atom stereocenters. The normalized spacial score (nSPS) is 25.2. The van der Waals surface area contributed by atoms with Crippen LogP contribution in [0.25, 0.3) is 0 Å². The Labute approximate surface area is 94.6 Å². The lowest BCUT2D eigenvalue weighted by molar-refractivity contribution is 0.0418. The lowest BCUT2D eigenvalue weighted by atomic mass is 9.92. The number of carbonyl (C=O) groups excluding carboxylic acids is 1. The zero-order valence-electron chi connectivity index (χ0n) is 9.10. The number of hydrazine groups is 1. The van der Waals surface area contributed by atoms with E-state index in [1.807, 2.05) is 34.2 Å². The van der Waals surface area contributed by atoms with Crippen molar-refractivity contribution in [1.29, 1.82) is 0 Å². The second-order valence-corrected chi connectivity index (χ2v) is 4.51. The Morgan fingerprint density at radius 3 is 2.94 bits per heavy atom. The molecule has 1 saturated heterocycles. The van der Waals surface area contributed by atoms with Gasteiger partial charge in [0.1, 0.15) is 0 Å². The van der Waals surface area contributed by atoms with Crippen molar-refractivity contribution in [2.75, 3.05) is 19.6 Å². The first-order valence-electron chi connectivity index (χ1n) is 5.64. The molecule has 1 amide bonds. The molecule has 3 rings (SSSR count). The highest BCUT2D eigenvalue weighted by atomic mass is 16.2. The molecule has 0 spiro atoms. The van der Waals surface area contributed by atoms with Gasteiger partial charge in [0.25, 0.3) is 5.91 Å². The Kier molecular flexibility index (Phi) is 2.19. The number of fused-ring (bicyclic) bond motifs is 2. The fourth-order valence-corrected chi connectivity index (χ4v) is 2.64. The van der Waals surface area contributed by atoms with E-state index in [0.717, 1.165) is 37.2 Å². The average Bonchev–Trinajstić information content (AvgIpc) is 2.29. The van der Waals surface area contributed by atoms with E-state index in [9.17, 15) is 4.79 Å². The zero-order chi connectivity index (χ0) is 11.1. The highest BCUT2D eigenvalue weighted by Crippen LogP contribution is 2.24. The number of hydrogen-bond donors (Lipinski definition) is 1. The number of rotatable bonds is 0. The minimum atomic E-state index is 0.167. The van der Waals surface area contributed by atoms with Crippen LogP contribution in [-0.2, 0) is 6.42 Å². The van der Waals surface area contributed by atoms with Crippen molar-refractivity contribution in [2.45, 2.75) is 12.5 Å². The van der Waals surface area contributed by atoms with Gasteiger partial charge in [0.2, 0.25) is 0 Å². The van der Waals surface area contributed by atoms with Gasteiger partial charge in [-0.15, -0.1) is 0 Å². The summed E-state index contributed by atoms with van der Waals surface area (Å²) in [6, 6.07) is 8.13. The Hall–Kier alpha value is -1.39. The van der Waals surface area contributed by atoms with Crippen LogP contribution in [-0.4, -0.2) is 41.5 Å². The minimum absolute atomic E-state index is 0.167. The summed E-state index contributed by atoms with van der Waals surface area (Å²) in [4.78, 5) is 14.2. The molecule has 1 atom stereocenters. The zero-order valence-corrected chi connectivity index (χ0v) is 9.10. The Bertz CT molecular complexity index is 432. The van der Waals surface area contributed by atoms with E-state index < -0.39 is 0 Å². The fourth-order valence-electron chi connectivity index (χ4n) is 2.64. The van der Waals surface area contributed by atoms with Crippen molar-refractivity contribution in [3.8, 4) is 0 Å². The van der Waals surface area contributed by atoms with E-state index >= 15 is 0 Å². The summed E-state index contributed by atoms with van der Waals surface area (Å²) in [6.07, 6.45) is 0.926. The van der Waals surface area contributed by atoms with Crippen molar-refractivity contribution < 1.29 is 4.79 Å².